The topological polar surface area (TPSA) is 46.2 Å². The molecular weight excluding hydrogens is 214 g/mol. The second-order valence-corrected chi connectivity index (χ2v) is 4.17. The summed E-state index contributed by atoms with van der Waals surface area (Å²) in [7, 11) is 0. The van der Waals surface area contributed by atoms with E-state index in [4.69, 9.17) is 0 Å². The van der Waals surface area contributed by atoms with Crippen LogP contribution in [-0.2, 0) is 4.79 Å². The fraction of sp³-hybridized carbons (Fsp3) is 0.429. The summed E-state index contributed by atoms with van der Waals surface area (Å²) in [6.07, 6.45) is 1.22. The van der Waals surface area contributed by atoms with E-state index in [0.29, 0.717) is 18.4 Å². The maximum Gasteiger partial charge on any atom is 0.252 e. The zero-order valence-corrected chi connectivity index (χ0v) is 10.6. The van der Waals surface area contributed by atoms with Gasteiger partial charge in [-0.25, -0.2) is 0 Å². The van der Waals surface area contributed by atoms with Crippen LogP contribution in [0.5, 0.6) is 0 Å². The molecular formula is C14H19NO2. The number of hydrogen-bond donors (Lipinski definition) is 1. The van der Waals surface area contributed by atoms with Crippen molar-refractivity contribution in [3.8, 4) is 0 Å². The summed E-state index contributed by atoms with van der Waals surface area (Å²) in [6, 6.07) is 8.95. The van der Waals surface area contributed by atoms with E-state index in [1.165, 1.54) is 6.92 Å². The van der Waals surface area contributed by atoms with E-state index in [2.05, 4.69) is 5.32 Å². The van der Waals surface area contributed by atoms with Crippen molar-refractivity contribution >= 4 is 11.7 Å². The van der Waals surface area contributed by atoms with Crippen molar-refractivity contribution in [3.05, 3.63) is 35.9 Å². The van der Waals surface area contributed by atoms with Crippen LogP contribution in [0.2, 0.25) is 0 Å². The molecule has 0 radical (unpaired) electrons. The van der Waals surface area contributed by atoms with Crippen LogP contribution in [0.25, 0.3) is 0 Å². The predicted octanol–water partition coefficient (Wildman–Crippen LogP) is 2.56. The van der Waals surface area contributed by atoms with Crippen LogP contribution in [0, 0.1) is 0 Å². The normalized spacial score (nSPS) is 11.0. The van der Waals surface area contributed by atoms with E-state index >= 15 is 0 Å². The van der Waals surface area contributed by atoms with Crippen molar-refractivity contribution < 1.29 is 9.59 Å². The summed E-state index contributed by atoms with van der Waals surface area (Å²) in [5, 5.41) is 2.86. The van der Waals surface area contributed by atoms with Gasteiger partial charge in [-0.1, -0.05) is 32.0 Å². The molecule has 0 atom stereocenters. The molecule has 0 spiro atoms. The van der Waals surface area contributed by atoms with Gasteiger partial charge < -0.3 is 5.32 Å². The summed E-state index contributed by atoms with van der Waals surface area (Å²) in [6.45, 7) is 5.35. The Morgan fingerprint density at radius 3 is 2.06 bits per heavy atom. The van der Waals surface area contributed by atoms with Gasteiger partial charge in [-0.3, -0.25) is 9.59 Å². The van der Waals surface area contributed by atoms with Crippen molar-refractivity contribution in [3.63, 3.8) is 0 Å². The highest BCUT2D eigenvalue weighted by Crippen LogP contribution is 2.17. The summed E-state index contributed by atoms with van der Waals surface area (Å²) < 4.78 is 0. The Kier molecular flexibility index (Phi) is 4.44. The maximum atomic E-state index is 12.0. The second kappa shape index (κ2) is 5.62. The third kappa shape index (κ3) is 2.93. The standard InChI is InChI=1S/C14H19NO2/c1-4-14(5-2,11(3)16)15-13(17)12-9-7-6-8-10-12/h6-10H,4-5H2,1-3H3,(H,15,17). The summed E-state index contributed by atoms with van der Waals surface area (Å²) in [4.78, 5) is 23.7. The molecule has 0 fully saturated rings. The number of benzene rings is 1. The first-order valence-electron chi connectivity index (χ1n) is 5.94. The highest BCUT2D eigenvalue weighted by molar-refractivity contribution is 5.99. The molecule has 0 aliphatic heterocycles. The van der Waals surface area contributed by atoms with Crippen LogP contribution in [0.3, 0.4) is 0 Å². The lowest BCUT2D eigenvalue weighted by Gasteiger charge is -2.30. The lowest BCUT2D eigenvalue weighted by Crippen LogP contribution is -2.52. The summed E-state index contributed by atoms with van der Waals surface area (Å²) in [5.41, 5.74) is -0.146. The molecule has 1 aromatic rings. The van der Waals surface area contributed by atoms with Crippen LogP contribution < -0.4 is 5.32 Å². The fourth-order valence-electron chi connectivity index (χ4n) is 1.89. The fourth-order valence-corrected chi connectivity index (χ4v) is 1.89. The zero-order chi connectivity index (χ0) is 12.9. The lowest BCUT2D eigenvalue weighted by molar-refractivity contribution is -0.123. The average Bonchev–Trinajstić information content (AvgIpc) is 2.36. The van der Waals surface area contributed by atoms with Gasteiger partial charge in [0.2, 0.25) is 0 Å². The van der Waals surface area contributed by atoms with Crippen molar-refractivity contribution in [1.29, 1.82) is 0 Å². The zero-order valence-electron chi connectivity index (χ0n) is 10.6. The molecule has 0 aliphatic carbocycles. The maximum absolute atomic E-state index is 12.0. The summed E-state index contributed by atoms with van der Waals surface area (Å²) in [5.74, 6) is -0.184. The molecule has 3 heteroatoms. The SMILES string of the molecule is CCC(CC)(NC(=O)c1ccccc1)C(C)=O. The van der Waals surface area contributed by atoms with E-state index in [1.807, 2.05) is 32.0 Å². The van der Waals surface area contributed by atoms with E-state index in [1.54, 1.807) is 12.1 Å². The van der Waals surface area contributed by atoms with Gasteiger partial charge in [0, 0.05) is 5.56 Å². The molecule has 0 saturated heterocycles. The third-order valence-electron chi connectivity index (χ3n) is 3.27. The Morgan fingerprint density at radius 1 is 1.12 bits per heavy atom. The molecule has 17 heavy (non-hydrogen) atoms. The molecule has 0 aromatic heterocycles. The van der Waals surface area contributed by atoms with Crippen molar-refractivity contribution in [2.24, 2.45) is 0 Å². The number of nitrogens with one attached hydrogen (secondary N) is 1. The monoisotopic (exact) mass is 233 g/mol. The molecule has 0 aliphatic rings. The summed E-state index contributed by atoms with van der Waals surface area (Å²) >= 11 is 0. The van der Waals surface area contributed by atoms with E-state index < -0.39 is 5.54 Å². The van der Waals surface area contributed by atoms with Gasteiger partial charge in [0.25, 0.3) is 5.91 Å². The molecule has 0 bridgehead atoms. The van der Waals surface area contributed by atoms with Crippen LogP contribution in [0.1, 0.15) is 44.0 Å². The Hall–Kier alpha value is -1.64. The molecule has 1 amide bonds. The van der Waals surface area contributed by atoms with Crippen molar-refractivity contribution in [2.75, 3.05) is 0 Å². The minimum Gasteiger partial charge on any atom is -0.340 e. The number of rotatable bonds is 5. The van der Waals surface area contributed by atoms with Gasteiger partial charge in [0.15, 0.2) is 5.78 Å². The Morgan fingerprint density at radius 2 is 1.65 bits per heavy atom. The second-order valence-electron chi connectivity index (χ2n) is 4.17. The Labute approximate surface area is 102 Å². The number of hydrogen-bond acceptors (Lipinski definition) is 2. The van der Waals surface area contributed by atoms with Crippen molar-refractivity contribution in [2.45, 2.75) is 39.2 Å². The molecule has 1 aromatic carbocycles. The molecule has 92 valence electrons. The largest absolute Gasteiger partial charge is 0.340 e. The van der Waals surface area contributed by atoms with Gasteiger partial charge in [-0.2, -0.15) is 0 Å². The molecule has 0 saturated carbocycles. The van der Waals surface area contributed by atoms with Gasteiger partial charge in [0.1, 0.15) is 0 Å². The number of ketones is 1. The van der Waals surface area contributed by atoms with Gasteiger partial charge in [0.05, 0.1) is 5.54 Å². The molecule has 1 rings (SSSR count). The molecule has 0 unspecified atom stereocenters. The number of Topliss-reactive ketones (excluding diaryl/α,β-unsaturated/α-hetero) is 1. The number of carbonyl (C=O) groups excluding carboxylic acids is 2. The predicted molar refractivity (Wildman–Crippen MR) is 67.9 cm³/mol. The first-order chi connectivity index (χ1) is 8.05. The Bertz CT molecular complexity index is 394. The highest BCUT2D eigenvalue weighted by atomic mass is 16.2. The molecule has 0 heterocycles. The molecule has 1 N–H and O–H groups in total. The lowest BCUT2D eigenvalue weighted by atomic mass is 9.88. The first kappa shape index (κ1) is 13.4. The smallest absolute Gasteiger partial charge is 0.252 e. The number of carbonyl (C=O) groups is 2. The number of amides is 1. The van der Waals surface area contributed by atoms with Crippen molar-refractivity contribution in [1.82, 2.24) is 5.32 Å². The van der Waals surface area contributed by atoms with Gasteiger partial charge in [-0.15, -0.1) is 0 Å². The van der Waals surface area contributed by atoms with Crippen LogP contribution in [0.4, 0.5) is 0 Å². The quantitative estimate of drug-likeness (QED) is 0.849. The minimum absolute atomic E-state index is 0.00628. The van der Waals surface area contributed by atoms with Crippen LogP contribution in [-0.4, -0.2) is 17.2 Å². The van der Waals surface area contributed by atoms with E-state index in [-0.39, 0.29) is 11.7 Å². The van der Waals surface area contributed by atoms with Gasteiger partial charge >= 0.3 is 0 Å². The van der Waals surface area contributed by atoms with Crippen LogP contribution in [0.15, 0.2) is 30.3 Å². The Balaban J connectivity index is 2.89. The highest BCUT2D eigenvalue weighted by Gasteiger charge is 2.33. The van der Waals surface area contributed by atoms with Gasteiger partial charge in [-0.05, 0) is 31.9 Å². The minimum atomic E-state index is -0.729. The van der Waals surface area contributed by atoms with E-state index in [0.717, 1.165) is 0 Å². The average molecular weight is 233 g/mol. The molecule has 3 nitrogen and oxygen atoms in total. The van der Waals surface area contributed by atoms with E-state index in [9.17, 15) is 9.59 Å². The van der Waals surface area contributed by atoms with Crippen LogP contribution >= 0.6 is 0 Å². The third-order valence-corrected chi connectivity index (χ3v) is 3.27. The first-order valence-corrected chi connectivity index (χ1v) is 5.94.